The summed E-state index contributed by atoms with van der Waals surface area (Å²) in [6.07, 6.45) is 1.71. The zero-order chi connectivity index (χ0) is 19.8. The van der Waals surface area contributed by atoms with Crippen LogP contribution in [-0.2, 0) is 14.3 Å². The van der Waals surface area contributed by atoms with Crippen molar-refractivity contribution in [1.82, 2.24) is 0 Å². The van der Waals surface area contributed by atoms with E-state index >= 15 is 0 Å². The minimum Gasteiger partial charge on any atom is -0.497 e. The first-order valence-electron chi connectivity index (χ1n) is 8.09. The molecule has 1 amide bonds. The van der Waals surface area contributed by atoms with Crippen molar-refractivity contribution >= 4 is 23.6 Å². The summed E-state index contributed by atoms with van der Waals surface area (Å²) in [5.41, 5.74) is 1.08. The van der Waals surface area contributed by atoms with Gasteiger partial charge in [0, 0.05) is 17.8 Å². The zero-order valence-corrected chi connectivity index (χ0v) is 15.2. The lowest BCUT2D eigenvalue weighted by Crippen LogP contribution is -2.29. The third-order valence-corrected chi connectivity index (χ3v) is 3.56. The minimum absolute atomic E-state index is 0.406. The quantitative estimate of drug-likeness (QED) is 0.595. The van der Waals surface area contributed by atoms with Gasteiger partial charge in [0.25, 0.3) is 5.91 Å². The van der Waals surface area contributed by atoms with Gasteiger partial charge >= 0.3 is 5.97 Å². The number of carbonyl (C=O) groups is 2. The monoisotopic (exact) mass is 373 g/mol. The fourth-order valence-corrected chi connectivity index (χ4v) is 2.13. The lowest BCUT2D eigenvalue weighted by molar-refractivity contribution is -0.148. The second-order valence-corrected chi connectivity index (χ2v) is 5.55. The third-order valence-electron chi connectivity index (χ3n) is 3.56. The summed E-state index contributed by atoms with van der Waals surface area (Å²) in [6, 6.07) is 10.4. The van der Waals surface area contributed by atoms with Crippen LogP contribution in [0.2, 0.25) is 0 Å². The van der Waals surface area contributed by atoms with E-state index in [1.54, 1.807) is 18.2 Å². The van der Waals surface area contributed by atoms with E-state index in [1.807, 2.05) is 0 Å². The average molecular weight is 373 g/mol. The molecular formula is C20H20FNO5. The molecule has 0 aliphatic rings. The van der Waals surface area contributed by atoms with Crippen molar-refractivity contribution in [2.45, 2.75) is 13.0 Å². The van der Waals surface area contributed by atoms with E-state index in [9.17, 15) is 14.0 Å². The number of esters is 1. The minimum atomic E-state index is -1.02. The van der Waals surface area contributed by atoms with E-state index in [0.29, 0.717) is 22.7 Å². The highest BCUT2D eigenvalue weighted by molar-refractivity contribution is 5.96. The molecule has 0 aliphatic heterocycles. The molecule has 1 atom stereocenters. The highest BCUT2D eigenvalue weighted by Gasteiger charge is 2.16. The average Bonchev–Trinajstić information content (AvgIpc) is 2.67. The highest BCUT2D eigenvalue weighted by atomic mass is 19.1. The Labute approximate surface area is 156 Å². The number of nitrogens with one attached hydrogen (secondary N) is 1. The Morgan fingerprint density at radius 1 is 1.04 bits per heavy atom. The maximum atomic E-state index is 12.9. The van der Waals surface area contributed by atoms with Crippen LogP contribution in [0.15, 0.2) is 48.5 Å². The van der Waals surface area contributed by atoms with E-state index in [2.05, 4.69) is 5.32 Å². The molecule has 2 aromatic rings. The van der Waals surface area contributed by atoms with Crippen LogP contribution in [0.5, 0.6) is 11.5 Å². The molecule has 0 heterocycles. The van der Waals surface area contributed by atoms with Gasteiger partial charge in [-0.1, -0.05) is 0 Å². The first-order valence-corrected chi connectivity index (χ1v) is 8.09. The summed E-state index contributed by atoms with van der Waals surface area (Å²) >= 11 is 0. The van der Waals surface area contributed by atoms with Crippen LogP contribution in [-0.4, -0.2) is 32.2 Å². The van der Waals surface area contributed by atoms with E-state index in [4.69, 9.17) is 14.2 Å². The second kappa shape index (κ2) is 9.38. The fourth-order valence-electron chi connectivity index (χ4n) is 2.13. The van der Waals surface area contributed by atoms with Gasteiger partial charge in [0.05, 0.1) is 14.2 Å². The van der Waals surface area contributed by atoms with Crippen LogP contribution >= 0.6 is 0 Å². The molecule has 0 saturated carbocycles. The summed E-state index contributed by atoms with van der Waals surface area (Å²) in [4.78, 5) is 24.0. The number of hydrogen-bond acceptors (Lipinski definition) is 5. The van der Waals surface area contributed by atoms with Crippen LogP contribution in [0.25, 0.3) is 6.08 Å². The van der Waals surface area contributed by atoms with E-state index in [-0.39, 0.29) is 0 Å². The number of hydrogen-bond donors (Lipinski definition) is 1. The number of anilines is 1. The normalized spacial score (nSPS) is 11.7. The molecule has 0 fully saturated rings. The van der Waals surface area contributed by atoms with Crippen LogP contribution < -0.4 is 14.8 Å². The lowest BCUT2D eigenvalue weighted by Gasteiger charge is -2.12. The Bertz CT molecular complexity index is 811. The number of amides is 1. The summed E-state index contributed by atoms with van der Waals surface area (Å²) < 4.78 is 28.3. The van der Waals surface area contributed by atoms with Crippen molar-refractivity contribution in [3.05, 3.63) is 59.9 Å². The molecule has 7 heteroatoms. The number of carbonyl (C=O) groups excluding carboxylic acids is 2. The largest absolute Gasteiger partial charge is 0.497 e. The van der Waals surface area contributed by atoms with Crippen molar-refractivity contribution in [2.75, 3.05) is 19.5 Å². The molecule has 0 bridgehead atoms. The van der Waals surface area contributed by atoms with Gasteiger partial charge < -0.3 is 19.5 Å². The maximum Gasteiger partial charge on any atom is 0.331 e. The summed E-state index contributed by atoms with van der Waals surface area (Å²) in [5, 5.41) is 2.54. The van der Waals surface area contributed by atoms with Crippen molar-refractivity contribution in [1.29, 1.82) is 0 Å². The van der Waals surface area contributed by atoms with Crippen molar-refractivity contribution < 1.29 is 28.2 Å². The van der Waals surface area contributed by atoms with E-state index in [1.165, 1.54) is 57.6 Å². The molecule has 2 aromatic carbocycles. The fraction of sp³-hybridized carbons (Fsp3) is 0.200. The topological polar surface area (TPSA) is 73.9 Å². The molecule has 27 heavy (non-hydrogen) atoms. The van der Waals surface area contributed by atoms with Gasteiger partial charge in [-0.15, -0.1) is 0 Å². The van der Waals surface area contributed by atoms with Crippen molar-refractivity contribution in [3.63, 3.8) is 0 Å². The Morgan fingerprint density at radius 2 is 1.63 bits per heavy atom. The molecule has 0 unspecified atom stereocenters. The van der Waals surface area contributed by atoms with Crippen molar-refractivity contribution in [3.8, 4) is 11.5 Å². The van der Waals surface area contributed by atoms with Gasteiger partial charge in [-0.05, 0) is 55.0 Å². The Balaban J connectivity index is 1.94. The lowest BCUT2D eigenvalue weighted by atomic mass is 10.2. The molecule has 0 aromatic heterocycles. The Kier molecular flexibility index (Phi) is 6.93. The molecule has 142 valence electrons. The van der Waals surface area contributed by atoms with Gasteiger partial charge in [-0.2, -0.15) is 0 Å². The Morgan fingerprint density at radius 3 is 2.19 bits per heavy atom. The number of methoxy groups -OCH3 is 2. The molecule has 2 rings (SSSR count). The molecule has 0 saturated heterocycles. The first-order chi connectivity index (χ1) is 12.9. The van der Waals surface area contributed by atoms with Gasteiger partial charge in [-0.3, -0.25) is 4.79 Å². The number of benzene rings is 2. The van der Waals surface area contributed by atoms with Crippen molar-refractivity contribution in [2.24, 2.45) is 0 Å². The second-order valence-electron chi connectivity index (χ2n) is 5.55. The summed E-state index contributed by atoms with van der Waals surface area (Å²) in [6.45, 7) is 1.44. The molecule has 6 nitrogen and oxygen atoms in total. The Hall–Kier alpha value is -3.35. The smallest absolute Gasteiger partial charge is 0.331 e. The number of ether oxygens (including phenoxy) is 3. The zero-order valence-electron chi connectivity index (χ0n) is 15.2. The molecular weight excluding hydrogens is 353 g/mol. The SMILES string of the molecule is COc1cc(/C=C/C(=O)O[C@H](C)C(=O)Nc2ccc(F)cc2)cc(OC)c1. The summed E-state index contributed by atoms with van der Waals surface area (Å²) in [7, 11) is 3.05. The first kappa shape index (κ1) is 20.0. The van der Waals surface area contributed by atoms with E-state index < -0.39 is 23.8 Å². The van der Waals surface area contributed by atoms with Gasteiger partial charge in [0.15, 0.2) is 6.10 Å². The highest BCUT2D eigenvalue weighted by Crippen LogP contribution is 2.23. The molecule has 0 aliphatic carbocycles. The van der Waals surface area contributed by atoms with Crippen LogP contribution in [0.3, 0.4) is 0 Å². The van der Waals surface area contributed by atoms with Gasteiger partial charge in [0.1, 0.15) is 17.3 Å². The number of rotatable bonds is 7. The molecule has 0 spiro atoms. The predicted octanol–water partition coefficient (Wildman–Crippen LogP) is 3.43. The predicted molar refractivity (Wildman–Crippen MR) is 99.2 cm³/mol. The molecule has 1 N–H and O–H groups in total. The van der Waals surface area contributed by atoms with Crippen LogP contribution in [0.1, 0.15) is 12.5 Å². The van der Waals surface area contributed by atoms with Crippen LogP contribution in [0, 0.1) is 5.82 Å². The van der Waals surface area contributed by atoms with Crippen LogP contribution in [0.4, 0.5) is 10.1 Å². The third kappa shape index (κ3) is 6.14. The number of halogens is 1. The standard InChI is InChI=1S/C20H20FNO5/c1-13(20(24)22-16-7-5-15(21)6-8-16)27-19(23)9-4-14-10-17(25-2)12-18(11-14)26-3/h4-13H,1-3H3,(H,22,24)/b9-4+/t13-/m1/s1. The summed E-state index contributed by atoms with van der Waals surface area (Å²) in [5.74, 6) is -0.458. The van der Waals surface area contributed by atoms with E-state index in [0.717, 1.165) is 0 Å². The molecule has 0 radical (unpaired) electrons. The maximum absolute atomic E-state index is 12.9. The van der Waals surface area contributed by atoms with Gasteiger partial charge in [-0.25, -0.2) is 9.18 Å². The van der Waals surface area contributed by atoms with Gasteiger partial charge in [0.2, 0.25) is 0 Å².